The number of alkyl halides is 1. The molecule has 19 heavy (non-hydrogen) atoms. The molecule has 0 bridgehead atoms. The lowest BCUT2D eigenvalue weighted by molar-refractivity contribution is 0.599. The van der Waals surface area contributed by atoms with Crippen LogP contribution in [0.2, 0.25) is 0 Å². The van der Waals surface area contributed by atoms with Crippen molar-refractivity contribution in [3.05, 3.63) is 54.6 Å². The fraction of sp³-hybridized carbons (Fsp3) is 0.294. The molecule has 2 aromatic carbocycles. The molecule has 0 aliphatic rings. The molecule has 0 aliphatic carbocycles. The van der Waals surface area contributed by atoms with Gasteiger partial charge in [0.05, 0.1) is 0 Å². The SMILES string of the molecule is CCCCP(CF)c1ccccc1-c1ccccc1. The Morgan fingerprint density at radius 2 is 1.63 bits per heavy atom. The highest BCUT2D eigenvalue weighted by Gasteiger charge is 2.14. The van der Waals surface area contributed by atoms with Crippen LogP contribution in [0.3, 0.4) is 0 Å². The smallest absolute Gasteiger partial charge is 0.113 e. The number of unbranched alkanes of at least 4 members (excludes halogenated alkanes) is 1. The van der Waals surface area contributed by atoms with E-state index in [-0.39, 0.29) is 6.42 Å². The first-order chi connectivity index (χ1) is 9.36. The second-order valence-electron chi connectivity index (χ2n) is 4.62. The molecule has 100 valence electrons. The monoisotopic (exact) mass is 274 g/mol. The number of hydrogen-bond donors (Lipinski definition) is 0. The van der Waals surface area contributed by atoms with Crippen molar-refractivity contribution in [2.75, 3.05) is 12.6 Å². The summed E-state index contributed by atoms with van der Waals surface area (Å²) in [5.74, 6) is 0. The van der Waals surface area contributed by atoms with Crippen molar-refractivity contribution in [2.24, 2.45) is 0 Å². The van der Waals surface area contributed by atoms with Crippen LogP contribution in [-0.2, 0) is 0 Å². The van der Waals surface area contributed by atoms with Crippen LogP contribution in [-0.4, -0.2) is 12.6 Å². The van der Waals surface area contributed by atoms with Gasteiger partial charge in [-0.05, 0) is 36.9 Å². The molecule has 2 aromatic rings. The fourth-order valence-electron chi connectivity index (χ4n) is 2.20. The second-order valence-corrected chi connectivity index (χ2v) is 6.87. The zero-order chi connectivity index (χ0) is 13.5. The van der Waals surface area contributed by atoms with E-state index >= 15 is 0 Å². The predicted octanol–water partition coefficient (Wildman–Crippen LogP) is 5.19. The molecule has 0 radical (unpaired) electrons. The molecule has 0 nitrogen and oxygen atoms in total. The van der Waals surface area contributed by atoms with Gasteiger partial charge in [0.2, 0.25) is 0 Å². The highest BCUT2D eigenvalue weighted by atomic mass is 31.1. The van der Waals surface area contributed by atoms with Gasteiger partial charge in [-0.3, -0.25) is 0 Å². The largest absolute Gasteiger partial charge is 0.246 e. The number of halogens is 1. The molecule has 0 heterocycles. The highest BCUT2D eigenvalue weighted by molar-refractivity contribution is 7.65. The van der Waals surface area contributed by atoms with E-state index in [0.29, 0.717) is 0 Å². The summed E-state index contributed by atoms with van der Waals surface area (Å²) in [6.07, 6.45) is 3.02. The highest BCUT2D eigenvalue weighted by Crippen LogP contribution is 2.39. The maximum Gasteiger partial charge on any atom is 0.113 e. The maximum absolute atomic E-state index is 13.4. The summed E-state index contributed by atoms with van der Waals surface area (Å²) >= 11 is 0. The molecule has 0 saturated heterocycles. The summed E-state index contributed by atoms with van der Waals surface area (Å²) in [6.45, 7) is 2.16. The van der Waals surface area contributed by atoms with E-state index in [1.807, 2.05) is 30.3 Å². The Labute approximate surface area is 116 Å². The van der Waals surface area contributed by atoms with E-state index in [1.165, 1.54) is 16.4 Å². The van der Waals surface area contributed by atoms with E-state index in [9.17, 15) is 4.39 Å². The van der Waals surface area contributed by atoms with Crippen LogP contribution in [0.5, 0.6) is 0 Å². The topological polar surface area (TPSA) is 0 Å². The van der Waals surface area contributed by atoms with Crippen molar-refractivity contribution in [1.29, 1.82) is 0 Å². The lowest BCUT2D eigenvalue weighted by atomic mass is 10.1. The van der Waals surface area contributed by atoms with Gasteiger partial charge in [-0.15, -0.1) is 0 Å². The summed E-state index contributed by atoms with van der Waals surface area (Å²) in [6, 6.07) is 18.6. The molecule has 0 saturated carbocycles. The summed E-state index contributed by atoms with van der Waals surface area (Å²) in [5, 5.41) is 1.21. The number of rotatable bonds is 6. The van der Waals surface area contributed by atoms with E-state index in [0.717, 1.165) is 19.0 Å². The van der Waals surface area contributed by atoms with Gasteiger partial charge in [-0.25, -0.2) is 4.39 Å². The van der Waals surface area contributed by atoms with Crippen LogP contribution in [0, 0.1) is 0 Å². The summed E-state index contributed by atoms with van der Waals surface area (Å²) in [4.78, 5) is 0. The Kier molecular flexibility index (Phi) is 5.54. The molecular formula is C17H20FP. The molecular weight excluding hydrogens is 254 g/mol. The second kappa shape index (κ2) is 7.40. The van der Waals surface area contributed by atoms with Crippen LogP contribution < -0.4 is 5.30 Å². The molecule has 0 fully saturated rings. The average molecular weight is 274 g/mol. The van der Waals surface area contributed by atoms with Crippen molar-refractivity contribution in [3.8, 4) is 11.1 Å². The lowest BCUT2D eigenvalue weighted by Gasteiger charge is -2.18. The summed E-state index contributed by atoms with van der Waals surface area (Å²) in [7, 11) is -0.671. The van der Waals surface area contributed by atoms with Crippen LogP contribution >= 0.6 is 7.92 Å². The fourth-order valence-corrected chi connectivity index (χ4v) is 4.23. The minimum absolute atomic E-state index is 0.209. The van der Waals surface area contributed by atoms with E-state index < -0.39 is 7.92 Å². The standard InChI is InChI=1S/C17H20FP/c1-2-3-13-19(14-18)17-12-8-7-11-16(17)15-9-5-4-6-10-15/h4-12H,2-3,13-14H2,1H3. The predicted molar refractivity (Wildman–Crippen MR) is 84.2 cm³/mol. The first kappa shape index (κ1) is 14.2. The van der Waals surface area contributed by atoms with Gasteiger partial charge in [0.15, 0.2) is 0 Å². The molecule has 0 aromatic heterocycles. The van der Waals surface area contributed by atoms with E-state index in [2.05, 4.69) is 31.2 Å². The third-order valence-electron chi connectivity index (χ3n) is 3.26. The van der Waals surface area contributed by atoms with Crippen molar-refractivity contribution in [2.45, 2.75) is 19.8 Å². The first-order valence-corrected chi connectivity index (χ1v) is 8.53. The Morgan fingerprint density at radius 3 is 2.32 bits per heavy atom. The van der Waals surface area contributed by atoms with Gasteiger partial charge in [-0.1, -0.05) is 67.9 Å². The Hall–Kier alpha value is -1.20. The molecule has 0 spiro atoms. The molecule has 1 unspecified atom stereocenters. The quantitative estimate of drug-likeness (QED) is 0.636. The van der Waals surface area contributed by atoms with Gasteiger partial charge in [-0.2, -0.15) is 0 Å². The third-order valence-corrected chi connectivity index (χ3v) is 5.47. The minimum Gasteiger partial charge on any atom is -0.246 e. The van der Waals surface area contributed by atoms with Crippen LogP contribution in [0.15, 0.2) is 54.6 Å². The zero-order valence-electron chi connectivity index (χ0n) is 11.3. The summed E-state index contributed by atoms with van der Waals surface area (Å²) < 4.78 is 13.4. The van der Waals surface area contributed by atoms with Crippen LogP contribution in [0.4, 0.5) is 4.39 Å². The zero-order valence-corrected chi connectivity index (χ0v) is 12.2. The molecule has 0 amide bonds. The Morgan fingerprint density at radius 1 is 0.947 bits per heavy atom. The number of benzene rings is 2. The molecule has 0 N–H and O–H groups in total. The van der Waals surface area contributed by atoms with Crippen LogP contribution in [0.1, 0.15) is 19.8 Å². The maximum atomic E-state index is 13.4. The van der Waals surface area contributed by atoms with Gasteiger partial charge >= 0.3 is 0 Å². The Bertz CT molecular complexity index is 496. The number of hydrogen-bond acceptors (Lipinski definition) is 0. The van der Waals surface area contributed by atoms with Crippen LogP contribution in [0.25, 0.3) is 11.1 Å². The van der Waals surface area contributed by atoms with E-state index in [1.54, 1.807) is 0 Å². The van der Waals surface area contributed by atoms with Gasteiger partial charge in [0.25, 0.3) is 0 Å². The van der Waals surface area contributed by atoms with Gasteiger partial charge in [0.1, 0.15) is 6.42 Å². The van der Waals surface area contributed by atoms with Gasteiger partial charge in [0, 0.05) is 0 Å². The van der Waals surface area contributed by atoms with Crippen molar-refractivity contribution in [1.82, 2.24) is 0 Å². The normalized spacial score (nSPS) is 12.3. The van der Waals surface area contributed by atoms with Gasteiger partial charge < -0.3 is 0 Å². The lowest BCUT2D eigenvalue weighted by Crippen LogP contribution is -2.08. The van der Waals surface area contributed by atoms with E-state index in [4.69, 9.17) is 0 Å². The molecule has 2 heteroatoms. The Balaban J connectivity index is 2.35. The van der Waals surface area contributed by atoms with Crippen molar-refractivity contribution >= 4 is 13.2 Å². The van der Waals surface area contributed by atoms with Crippen molar-refractivity contribution < 1.29 is 4.39 Å². The molecule has 1 atom stereocenters. The minimum atomic E-state index is -0.671. The molecule has 0 aliphatic heterocycles. The summed E-state index contributed by atoms with van der Waals surface area (Å²) in [5.41, 5.74) is 2.39. The first-order valence-electron chi connectivity index (χ1n) is 6.82. The average Bonchev–Trinajstić information content (AvgIpc) is 2.49. The third kappa shape index (κ3) is 3.64. The molecule has 2 rings (SSSR count). The van der Waals surface area contributed by atoms with Crippen molar-refractivity contribution in [3.63, 3.8) is 0 Å².